The molecule has 0 fully saturated rings. The molecule has 2 rings (SSSR count). The summed E-state index contributed by atoms with van der Waals surface area (Å²) in [6, 6.07) is 9.28. The average molecular weight is 313 g/mol. The molecule has 0 amide bonds. The van der Waals surface area contributed by atoms with Crippen LogP contribution >= 0.6 is 15.9 Å². The van der Waals surface area contributed by atoms with Crippen molar-refractivity contribution in [2.75, 3.05) is 0 Å². The lowest BCUT2D eigenvalue weighted by Crippen LogP contribution is -1.99. The first-order valence-electron chi connectivity index (χ1n) is 5.40. The number of hydrogen-bond acceptors (Lipinski definition) is 1. The Hall–Kier alpha value is -1.42. The molecule has 0 aliphatic carbocycles. The second-order valence-electron chi connectivity index (χ2n) is 3.91. The fraction of sp³-hybridized carbons (Fsp3) is 0.143. The number of ether oxygens (including phenoxy) is 1. The Morgan fingerprint density at radius 2 is 1.94 bits per heavy atom. The molecule has 0 heterocycles. The van der Waals surface area contributed by atoms with Crippen LogP contribution in [0.5, 0.6) is 5.75 Å². The molecule has 0 saturated carbocycles. The van der Waals surface area contributed by atoms with E-state index < -0.39 is 0 Å². The van der Waals surface area contributed by atoms with Crippen molar-refractivity contribution < 1.29 is 13.5 Å². The van der Waals surface area contributed by atoms with E-state index in [0.29, 0.717) is 10.0 Å². The van der Waals surface area contributed by atoms with Crippen LogP contribution in [0.2, 0.25) is 0 Å². The Bertz CT molecular complexity index is 570. The van der Waals surface area contributed by atoms with Crippen LogP contribution in [-0.4, -0.2) is 0 Å². The van der Waals surface area contributed by atoms with Crippen LogP contribution in [0, 0.1) is 18.6 Å². The second kappa shape index (κ2) is 5.48. The lowest BCUT2D eigenvalue weighted by Gasteiger charge is -2.09. The van der Waals surface area contributed by atoms with E-state index in [0.717, 1.165) is 5.56 Å². The Balaban J connectivity index is 2.14. The maximum atomic E-state index is 13.7. The zero-order valence-electron chi connectivity index (χ0n) is 9.71. The minimum absolute atomic E-state index is 0.182. The summed E-state index contributed by atoms with van der Waals surface area (Å²) in [6.07, 6.45) is 0. The molecule has 94 valence electrons. The Labute approximate surface area is 113 Å². The van der Waals surface area contributed by atoms with Gasteiger partial charge in [0, 0.05) is 10.0 Å². The van der Waals surface area contributed by atoms with Crippen molar-refractivity contribution in [2.45, 2.75) is 13.5 Å². The molecule has 2 aromatic rings. The van der Waals surface area contributed by atoms with Gasteiger partial charge in [-0.05, 0) is 30.7 Å². The Kier molecular flexibility index (Phi) is 3.97. The standard InChI is InChI=1S/C14H11BrF2O/c1-9-3-2-4-13(14(9)17)18-8-10-5-6-11(16)7-12(10)15/h2-7H,8H2,1H3. The van der Waals surface area contributed by atoms with Crippen LogP contribution < -0.4 is 4.74 Å². The molecule has 0 aliphatic rings. The van der Waals surface area contributed by atoms with E-state index in [1.807, 2.05) is 0 Å². The van der Waals surface area contributed by atoms with Crippen molar-refractivity contribution in [3.05, 3.63) is 63.6 Å². The molecule has 0 radical (unpaired) electrons. The largest absolute Gasteiger partial charge is 0.486 e. The predicted octanol–water partition coefficient (Wildman–Crippen LogP) is 4.61. The van der Waals surface area contributed by atoms with Gasteiger partial charge >= 0.3 is 0 Å². The van der Waals surface area contributed by atoms with E-state index in [2.05, 4.69) is 15.9 Å². The second-order valence-corrected chi connectivity index (χ2v) is 4.77. The molecule has 2 aromatic carbocycles. The number of benzene rings is 2. The van der Waals surface area contributed by atoms with Gasteiger partial charge < -0.3 is 4.74 Å². The molecule has 0 spiro atoms. The zero-order valence-corrected chi connectivity index (χ0v) is 11.3. The maximum absolute atomic E-state index is 13.7. The average Bonchev–Trinajstić information content (AvgIpc) is 2.33. The van der Waals surface area contributed by atoms with E-state index in [1.54, 1.807) is 31.2 Å². The summed E-state index contributed by atoms with van der Waals surface area (Å²) < 4.78 is 32.6. The predicted molar refractivity (Wildman–Crippen MR) is 69.6 cm³/mol. The molecule has 18 heavy (non-hydrogen) atoms. The SMILES string of the molecule is Cc1cccc(OCc2ccc(F)cc2Br)c1F. The third kappa shape index (κ3) is 2.88. The van der Waals surface area contributed by atoms with Crippen LogP contribution in [-0.2, 0) is 6.61 Å². The first-order valence-corrected chi connectivity index (χ1v) is 6.19. The van der Waals surface area contributed by atoms with Gasteiger partial charge in [-0.3, -0.25) is 0 Å². The molecular weight excluding hydrogens is 302 g/mol. The van der Waals surface area contributed by atoms with E-state index in [-0.39, 0.29) is 24.0 Å². The van der Waals surface area contributed by atoms with E-state index >= 15 is 0 Å². The summed E-state index contributed by atoms with van der Waals surface area (Å²) >= 11 is 3.24. The molecule has 1 nitrogen and oxygen atoms in total. The molecule has 4 heteroatoms. The minimum atomic E-state index is -0.365. The highest BCUT2D eigenvalue weighted by Crippen LogP contribution is 2.23. The summed E-state index contributed by atoms with van der Waals surface area (Å²) in [5.41, 5.74) is 1.29. The van der Waals surface area contributed by atoms with Gasteiger partial charge in [-0.2, -0.15) is 0 Å². The van der Waals surface area contributed by atoms with E-state index in [9.17, 15) is 8.78 Å². The molecule has 0 unspecified atom stereocenters. The van der Waals surface area contributed by atoms with Crippen molar-refractivity contribution in [2.24, 2.45) is 0 Å². The van der Waals surface area contributed by atoms with Gasteiger partial charge in [0.15, 0.2) is 11.6 Å². The van der Waals surface area contributed by atoms with Crippen LogP contribution in [0.1, 0.15) is 11.1 Å². The fourth-order valence-electron chi connectivity index (χ4n) is 1.53. The lowest BCUT2D eigenvalue weighted by molar-refractivity contribution is 0.289. The first kappa shape index (κ1) is 13.0. The van der Waals surface area contributed by atoms with Crippen LogP contribution in [0.3, 0.4) is 0 Å². The fourth-order valence-corrected chi connectivity index (χ4v) is 1.99. The third-order valence-electron chi connectivity index (χ3n) is 2.55. The smallest absolute Gasteiger partial charge is 0.167 e. The van der Waals surface area contributed by atoms with Crippen LogP contribution in [0.25, 0.3) is 0 Å². The maximum Gasteiger partial charge on any atom is 0.167 e. The third-order valence-corrected chi connectivity index (χ3v) is 3.29. The molecular formula is C14H11BrF2O. The molecule has 0 bridgehead atoms. The lowest BCUT2D eigenvalue weighted by atomic mass is 10.2. The van der Waals surface area contributed by atoms with E-state index in [1.165, 1.54) is 12.1 Å². The number of hydrogen-bond donors (Lipinski definition) is 0. The van der Waals surface area contributed by atoms with Crippen LogP contribution in [0.15, 0.2) is 40.9 Å². The van der Waals surface area contributed by atoms with Gasteiger partial charge in [-0.1, -0.05) is 34.1 Å². The van der Waals surface area contributed by atoms with Crippen molar-refractivity contribution in [3.8, 4) is 5.75 Å². The van der Waals surface area contributed by atoms with Gasteiger partial charge in [-0.25, -0.2) is 8.78 Å². The molecule has 0 atom stereocenters. The topological polar surface area (TPSA) is 9.23 Å². The van der Waals surface area contributed by atoms with Crippen molar-refractivity contribution in [3.63, 3.8) is 0 Å². The normalized spacial score (nSPS) is 10.4. The number of rotatable bonds is 3. The van der Waals surface area contributed by atoms with E-state index in [4.69, 9.17) is 4.74 Å². The zero-order chi connectivity index (χ0) is 13.1. The summed E-state index contributed by atoms with van der Waals surface area (Å²) in [6.45, 7) is 1.86. The highest BCUT2D eigenvalue weighted by Gasteiger charge is 2.07. The quantitative estimate of drug-likeness (QED) is 0.804. The summed E-state index contributed by atoms with van der Waals surface area (Å²) in [5.74, 6) is -0.491. The van der Waals surface area contributed by atoms with Gasteiger partial charge in [-0.15, -0.1) is 0 Å². The summed E-state index contributed by atoms with van der Waals surface area (Å²) in [7, 11) is 0. The highest BCUT2D eigenvalue weighted by molar-refractivity contribution is 9.10. The first-order chi connectivity index (χ1) is 8.58. The monoisotopic (exact) mass is 312 g/mol. The number of halogens is 3. The van der Waals surface area contributed by atoms with Crippen LogP contribution in [0.4, 0.5) is 8.78 Å². The Morgan fingerprint density at radius 1 is 1.17 bits per heavy atom. The van der Waals surface area contributed by atoms with Crippen molar-refractivity contribution >= 4 is 15.9 Å². The summed E-state index contributed by atoms with van der Waals surface area (Å²) in [4.78, 5) is 0. The highest BCUT2D eigenvalue weighted by atomic mass is 79.9. The Morgan fingerprint density at radius 3 is 2.67 bits per heavy atom. The minimum Gasteiger partial charge on any atom is -0.486 e. The van der Waals surface area contributed by atoms with Gasteiger partial charge in [0.1, 0.15) is 12.4 Å². The van der Waals surface area contributed by atoms with Gasteiger partial charge in [0.2, 0.25) is 0 Å². The summed E-state index contributed by atoms with van der Waals surface area (Å²) in [5, 5.41) is 0. The molecule has 0 saturated heterocycles. The van der Waals surface area contributed by atoms with Crippen molar-refractivity contribution in [1.29, 1.82) is 0 Å². The molecule has 0 aliphatic heterocycles. The molecule has 0 aromatic heterocycles. The molecule has 0 N–H and O–H groups in total. The van der Waals surface area contributed by atoms with Gasteiger partial charge in [0.05, 0.1) is 0 Å². The van der Waals surface area contributed by atoms with Crippen molar-refractivity contribution in [1.82, 2.24) is 0 Å². The number of aryl methyl sites for hydroxylation is 1. The van der Waals surface area contributed by atoms with Gasteiger partial charge in [0.25, 0.3) is 0 Å².